The molecule has 3 amide bonds. The fourth-order valence-electron chi connectivity index (χ4n) is 2.90. The van der Waals surface area contributed by atoms with E-state index in [9.17, 15) is 19.2 Å². The minimum absolute atomic E-state index is 0.0167. The van der Waals surface area contributed by atoms with Crippen LogP contribution < -0.4 is 21.5 Å². The van der Waals surface area contributed by atoms with E-state index in [-0.39, 0.29) is 22.6 Å². The molecule has 160 valence electrons. The fraction of sp³-hybridized carbons (Fsp3) is 0.143. The number of carbonyl (C=O) groups is 4. The van der Waals surface area contributed by atoms with Crippen molar-refractivity contribution >= 4 is 40.3 Å². The highest BCUT2D eigenvalue weighted by Gasteiger charge is 2.21. The molecule has 0 fully saturated rings. The highest BCUT2D eigenvalue weighted by Crippen LogP contribution is 2.29. The summed E-state index contributed by atoms with van der Waals surface area (Å²) in [4.78, 5) is 47.4. The van der Waals surface area contributed by atoms with E-state index in [1.54, 1.807) is 25.1 Å². The summed E-state index contributed by atoms with van der Waals surface area (Å²) in [5, 5.41) is 3.10. The first-order valence-electron chi connectivity index (χ1n) is 8.98. The lowest BCUT2D eigenvalue weighted by atomic mass is 10.1. The number of rotatable bonds is 7. The second-order valence-electron chi connectivity index (χ2n) is 6.57. The largest absolute Gasteiger partial charge is 0.497 e. The summed E-state index contributed by atoms with van der Waals surface area (Å²) in [6.45, 7) is 1.05. The van der Waals surface area contributed by atoms with Crippen molar-refractivity contribution in [2.24, 2.45) is 11.5 Å². The number of primary amides is 2. The van der Waals surface area contributed by atoms with Crippen LogP contribution in [0.4, 0.5) is 5.69 Å². The number of hydrogen-bond donors (Lipinski definition) is 3. The molecule has 0 bridgehead atoms. The van der Waals surface area contributed by atoms with Gasteiger partial charge in [-0.05, 0) is 43.3 Å². The predicted molar refractivity (Wildman–Crippen MR) is 110 cm³/mol. The molecule has 0 radical (unpaired) electrons. The van der Waals surface area contributed by atoms with Gasteiger partial charge in [0, 0.05) is 27.8 Å². The SMILES string of the molecule is COc1ccc2oc(C(=O)OCC(=O)Nc3cc(C(N)=O)cc(C(N)=O)c3)c(C)c2c1. The van der Waals surface area contributed by atoms with Crippen LogP contribution in [0.5, 0.6) is 5.75 Å². The molecule has 0 aliphatic rings. The van der Waals surface area contributed by atoms with Crippen LogP contribution in [0, 0.1) is 6.92 Å². The molecular weight excluding hydrogens is 406 g/mol. The number of nitrogens with two attached hydrogens (primary N) is 2. The Morgan fingerprint density at radius 2 is 1.65 bits per heavy atom. The molecular formula is C21H19N3O7. The number of ether oxygens (including phenoxy) is 2. The third kappa shape index (κ3) is 4.64. The molecule has 3 rings (SSSR count). The van der Waals surface area contributed by atoms with Gasteiger partial charge < -0.3 is 30.7 Å². The summed E-state index contributed by atoms with van der Waals surface area (Å²) in [7, 11) is 1.52. The van der Waals surface area contributed by atoms with Crippen molar-refractivity contribution < 1.29 is 33.1 Å². The molecule has 1 aromatic heterocycles. The maximum atomic E-state index is 12.4. The van der Waals surface area contributed by atoms with Crippen molar-refractivity contribution in [2.75, 3.05) is 19.0 Å². The number of esters is 1. The van der Waals surface area contributed by atoms with E-state index >= 15 is 0 Å². The van der Waals surface area contributed by atoms with Crippen molar-refractivity contribution in [3.8, 4) is 5.75 Å². The Balaban J connectivity index is 1.71. The number of fused-ring (bicyclic) bond motifs is 1. The van der Waals surface area contributed by atoms with Crippen LogP contribution in [0.15, 0.2) is 40.8 Å². The number of nitrogens with one attached hydrogen (secondary N) is 1. The molecule has 0 saturated carbocycles. The second-order valence-corrected chi connectivity index (χ2v) is 6.57. The zero-order valence-corrected chi connectivity index (χ0v) is 16.7. The van der Waals surface area contributed by atoms with E-state index in [0.717, 1.165) is 0 Å². The predicted octanol–water partition coefficient (Wildman–Crippen LogP) is 1.74. The Morgan fingerprint density at radius 1 is 1.00 bits per heavy atom. The number of benzene rings is 2. The molecule has 0 atom stereocenters. The van der Waals surface area contributed by atoms with Crippen molar-refractivity contribution in [2.45, 2.75) is 6.92 Å². The molecule has 0 saturated heterocycles. The molecule has 0 aliphatic heterocycles. The lowest BCUT2D eigenvalue weighted by molar-refractivity contribution is -0.119. The Bertz CT molecular complexity index is 1180. The van der Waals surface area contributed by atoms with Crippen LogP contribution >= 0.6 is 0 Å². The highest BCUT2D eigenvalue weighted by molar-refractivity contribution is 6.02. The quantitative estimate of drug-likeness (QED) is 0.485. The zero-order chi connectivity index (χ0) is 22.7. The van der Waals surface area contributed by atoms with Crippen LogP contribution in [0.25, 0.3) is 11.0 Å². The van der Waals surface area contributed by atoms with Crippen molar-refractivity contribution in [1.29, 1.82) is 0 Å². The zero-order valence-electron chi connectivity index (χ0n) is 16.7. The minimum atomic E-state index is -0.827. The van der Waals surface area contributed by atoms with Gasteiger partial charge in [0.05, 0.1) is 7.11 Å². The van der Waals surface area contributed by atoms with Gasteiger partial charge in [-0.1, -0.05) is 0 Å². The van der Waals surface area contributed by atoms with Gasteiger partial charge in [0.15, 0.2) is 6.61 Å². The lowest BCUT2D eigenvalue weighted by Gasteiger charge is -2.09. The van der Waals surface area contributed by atoms with Crippen molar-refractivity contribution in [3.63, 3.8) is 0 Å². The number of carbonyl (C=O) groups excluding carboxylic acids is 4. The Morgan fingerprint density at radius 3 is 2.23 bits per heavy atom. The fourth-order valence-corrected chi connectivity index (χ4v) is 2.90. The monoisotopic (exact) mass is 425 g/mol. The van der Waals surface area contributed by atoms with Crippen LogP contribution in [0.2, 0.25) is 0 Å². The van der Waals surface area contributed by atoms with Crippen molar-refractivity contribution in [1.82, 2.24) is 0 Å². The summed E-state index contributed by atoms with van der Waals surface area (Å²) < 4.78 is 15.7. The van der Waals surface area contributed by atoms with Gasteiger partial charge in [0.25, 0.3) is 5.91 Å². The van der Waals surface area contributed by atoms with E-state index in [4.69, 9.17) is 25.4 Å². The second kappa shape index (κ2) is 8.57. The summed E-state index contributed by atoms with van der Waals surface area (Å²) in [6.07, 6.45) is 0. The maximum Gasteiger partial charge on any atom is 0.375 e. The van der Waals surface area contributed by atoms with Gasteiger partial charge >= 0.3 is 5.97 Å². The van der Waals surface area contributed by atoms with E-state index in [1.807, 2.05) is 0 Å². The first-order valence-corrected chi connectivity index (χ1v) is 8.98. The van der Waals surface area contributed by atoms with Crippen molar-refractivity contribution in [3.05, 3.63) is 58.8 Å². The molecule has 10 nitrogen and oxygen atoms in total. The Hall–Kier alpha value is -4.34. The summed E-state index contributed by atoms with van der Waals surface area (Å²) in [6, 6.07) is 8.82. The number of furan rings is 1. The number of methoxy groups -OCH3 is 1. The van der Waals surface area contributed by atoms with Crippen LogP contribution in [0.1, 0.15) is 36.8 Å². The van der Waals surface area contributed by atoms with E-state index in [1.165, 1.54) is 25.3 Å². The molecule has 31 heavy (non-hydrogen) atoms. The smallest absolute Gasteiger partial charge is 0.375 e. The van der Waals surface area contributed by atoms with Crippen LogP contribution in [0.3, 0.4) is 0 Å². The number of anilines is 1. The molecule has 0 unspecified atom stereocenters. The Kier molecular flexibility index (Phi) is 5.91. The topological polar surface area (TPSA) is 164 Å². The van der Waals surface area contributed by atoms with E-state index in [0.29, 0.717) is 22.3 Å². The standard InChI is InChI=1S/C21H19N3O7/c1-10-15-8-14(29-2)3-4-16(15)31-18(10)21(28)30-9-17(25)24-13-6-11(19(22)26)5-12(7-13)20(23)27/h3-8H,9H2,1-2H3,(H2,22,26)(H2,23,27)(H,24,25). The van der Waals surface area contributed by atoms with Gasteiger partial charge in [0.1, 0.15) is 11.3 Å². The van der Waals surface area contributed by atoms with Gasteiger partial charge in [0.2, 0.25) is 17.6 Å². The van der Waals surface area contributed by atoms with Crippen LogP contribution in [-0.2, 0) is 9.53 Å². The molecule has 2 aromatic carbocycles. The summed E-state index contributed by atoms with van der Waals surface area (Å²) >= 11 is 0. The minimum Gasteiger partial charge on any atom is -0.497 e. The first kappa shape index (κ1) is 21.4. The number of amides is 3. The molecule has 3 aromatic rings. The third-order valence-corrected chi connectivity index (χ3v) is 4.45. The molecule has 5 N–H and O–H groups in total. The molecule has 0 spiro atoms. The average Bonchev–Trinajstić information content (AvgIpc) is 3.07. The van der Waals surface area contributed by atoms with Crippen LogP contribution in [-0.4, -0.2) is 37.4 Å². The van der Waals surface area contributed by atoms with E-state index in [2.05, 4.69) is 5.32 Å². The average molecular weight is 425 g/mol. The lowest BCUT2D eigenvalue weighted by Crippen LogP contribution is -2.22. The van der Waals surface area contributed by atoms with Gasteiger partial charge in [-0.2, -0.15) is 0 Å². The normalized spacial score (nSPS) is 10.5. The molecule has 1 heterocycles. The maximum absolute atomic E-state index is 12.4. The van der Waals surface area contributed by atoms with Gasteiger partial charge in [-0.25, -0.2) is 4.79 Å². The Labute approximate surface area is 176 Å². The highest BCUT2D eigenvalue weighted by atomic mass is 16.5. The number of hydrogen-bond acceptors (Lipinski definition) is 7. The van der Waals surface area contributed by atoms with E-state index < -0.39 is 30.3 Å². The third-order valence-electron chi connectivity index (χ3n) is 4.45. The molecule has 0 aliphatic carbocycles. The number of aryl methyl sites for hydroxylation is 1. The van der Waals surface area contributed by atoms with Gasteiger partial charge in [-0.15, -0.1) is 0 Å². The van der Waals surface area contributed by atoms with Gasteiger partial charge in [-0.3, -0.25) is 14.4 Å². The first-order chi connectivity index (χ1) is 14.7. The summed E-state index contributed by atoms with van der Waals surface area (Å²) in [5.74, 6) is -2.58. The summed E-state index contributed by atoms with van der Waals surface area (Å²) in [5.41, 5.74) is 11.5. The molecule has 10 heteroatoms.